The highest BCUT2D eigenvalue weighted by Gasteiger charge is 2.33. The smallest absolute Gasteiger partial charge is 0.200 e. The van der Waals surface area contributed by atoms with E-state index in [1.165, 1.54) is 36.4 Å². The molecule has 230 valence electrons. The zero-order valence-electron chi connectivity index (χ0n) is 24.2. The Morgan fingerprint density at radius 1 is 0.318 bits per heavy atom. The van der Waals surface area contributed by atoms with Gasteiger partial charge in [0.25, 0.3) is 0 Å². The molecular formula is C34H24F10. The topological polar surface area (TPSA) is 0 Å². The van der Waals surface area contributed by atoms with Gasteiger partial charge in [-0.25, -0.2) is 43.9 Å². The predicted octanol–water partition coefficient (Wildman–Crippen LogP) is 11.3. The van der Waals surface area contributed by atoms with Crippen LogP contribution in [0.1, 0.15) is 52.7 Å². The number of hydrogen-bond acceptors (Lipinski definition) is 0. The molecule has 5 rings (SSSR count). The van der Waals surface area contributed by atoms with Gasteiger partial charge in [-0.1, -0.05) is 65.8 Å². The third-order valence-corrected chi connectivity index (χ3v) is 7.77. The molecule has 10 heteroatoms. The summed E-state index contributed by atoms with van der Waals surface area (Å²) in [6.07, 6.45) is 0. The third-order valence-electron chi connectivity index (χ3n) is 7.77. The van der Waals surface area contributed by atoms with Crippen LogP contribution in [0.25, 0.3) is 43.8 Å². The molecule has 0 nitrogen and oxygen atoms in total. The molecule has 0 aliphatic rings. The maximum absolute atomic E-state index is 15.5. The van der Waals surface area contributed by atoms with E-state index in [4.69, 9.17) is 0 Å². The first-order chi connectivity index (χ1) is 20.3. The molecule has 0 saturated carbocycles. The lowest BCUT2D eigenvalue weighted by Crippen LogP contribution is -2.12. The summed E-state index contributed by atoms with van der Waals surface area (Å²) in [6, 6.07) is 8.19. The van der Waals surface area contributed by atoms with Gasteiger partial charge < -0.3 is 0 Å². The van der Waals surface area contributed by atoms with Gasteiger partial charge in [-0.3, -0.25) is 0 Å². The lowest BCUT2D eigenvalue weighted by molar-refractivity contribution is 0.381. The van der Waals surface area contributed by atoms with Crippen molar-refractivity contribution in [1.82, 2.24) is 0 Å². The van der Waals surface area contributed by atoms with E-state index < -0.39 is 91.3 Å². The summed E-state index contributed by atoms with van der Waals surface area (Å²) >= 11 is 0. The van der Waals surface area contributed by atoms with Gasteiger partial charge in [-0.15, -0.1) is 0 Å². The Morgan fingerprint density at radius 3 is 0.818 bits per heavy atom. The molecule has 0 saturated heterocycles. The third kappa shape index (κ3) is 4.61. The average molecular weight is 623 g/mol. The van der Waals surface area contributed by atoms with Crippen molar-refractivity contribution in [3.05, 3.63) is 106 Å². The van der Waals surface area contributed by atoms with Gasteiger partial charge in [0, 0.05) is 11.1 Å². The highest BCUT2D eigenvalue weighted by molar-refractivity contribution is 6.21. The van der Waals surface area contributed by atoms with E-state index in [0.29, 0.717) is 11.1 Å². The van der Waals surface area contributed by atoms with Crippen molar-refractivity contribution >= 4 is 21.5 Å². The second kappa shape index (κ2) is 10.2. The zero-order chi connectivity index (χ0) is 32.8. The van der Waals surface area contributed by atoms with E-state index >= 15 is 17.6 Å². The van der Waals surface area contributed by atoms with Crippen LogP contribution >= 0.6 is 0 Å². The van der Waals surface area contributed by atoms with Gasteiger partial charge in [-0.2, -0.15) is 0 Å². The van der Waals surface area contributed by atoms with Crippen molar-refractivity contribution in [3.8, 4) is 22.3 Å². The van der Waals surface area contributed by atoms with Gasteiger partial charge >= 0.3 is 0 Å². The molecule has 0 fully saturated rings. The summed E-state index contributed by atoms with van der Waals surface area (Å²) < 4.78 is 148. The molecule has 0 spiro atoms. The summed E-state index contributed by atoms with van der Waals surface area (Å²) in [5.41, 5.74) is -4.03. The molecule has 5 aromatic rings. The molecule has 0 amide bonds. The molecule has 0 bridgehead atoms. The Hall–Kier alpha value is -4.08. The fourth-order valence-electron chi connectivity index (χ4n) is 5.35. The van der Waals surface area contributed by atoms with Crippen molar-refractivity contribution in [2.75, 3.05) is 0 Å². The first-order valence-electron chi connectivity index (χ1n) is 13.4. The van der Waals surface area contributed by atoms with Crippen molar-refractivity contribution in [2.24, 2.45) is 0 Å². The van der Waals surface area contributed by atoms with Crippen LogP contribution in [0.15, 0.2) is 36.4 Å². The van der Waals surface area contributed by atoms with Gasteiger partial charge in [0.2, 0.25) is 11.6 Å². The van der Waals surface area contributed by atoms with Crippen LogP contribution in [0.5, 0.6) is 0 Å². The SMILES string of the molecule is CC(C)(C)c1ccc2c(-c3c(F)c(F)c(F)c(F)c3F)c3cc(C(C)(C)C)ccc3c(-c3c(F)c(F)c(F)c(F)c3F)c2c1. The minimum Gasteiger partial charge on any atom is -0.203 e. The Kier molecular flexibility index (Phi) is 7.30. The largest absolute Gasteiger partial charge is 0.203 e. The molecular weight excluding hydrogens is 598 g/mol. The maximum Gasteiger partial charge on any atom is 0.200 e. The molecule has 0 N–H and O–H groups in total. The number of benzene rings is 5. The Balaban J connectivity index is 2.18. The van der Waals surface area contributed by atoms with E-state index in [9.17, 15) is 26.3 Å². The van der Waals surface area contributed by atoms with Crippen LogP contribution in [0.4, 0.5) is 43.9 Å². The molecule has 0 aromatic heterocycles. The fraction of sp³-hybridized carbons (Fsp3) is 0.235. The van der Waals surface area contributed by atoms with Crippen molar-refractivity contribution in [1.29, 1.82) is 0 Å². The van der Waals surface area contributed by atoms with Crippen molar-refractivity contribution < 1.29 is 43.9 Å². The van der Waals surface area contributed by atoms with Crippen LogP contribution in [-0.4, -0.2) is 0 Å². The number of fused-ring (bicyclic) bond motifs is 2. The number of halogens is 10. The molecule has 0 radical (unpaired) electrons. The second-order valence-electron chi connectivity index (χ2n) is 12.7. The van der Waals surface area contributed by atoms with Crippen LogP contribution < -0.4 is 0 Å². The second-order valence-corrected chi connectivity index (χ2v) is 12.7. The van der Waals surface area contributed by atoms with E-state index in [1.54, 1.807) is 41.5 Å². The van der Waals surface area contributed by atoms with E-state index in [-0.39, 0.29) is 21.5 Å². The van der Waals surface area contributed by atoms with Crippen LogP contribution in [0.2, 0.25) is 0 Å². The van der Waals surface area contributed by atoms with E-state index in [2.05, 4.69) is 0 Å². The Labute approximate surface area is 245 Å². The quantitative estimate of drug-likeness (QED) is 0.0795. The minimum absolute atomic E-state index is 0.240. The number of rotatable bonds is 2. The lowest BCUT2D eigenvalue weighted by Gasteiger charge is -2.25. The first kappa shape index (κ1) is 31.3. The molecule has 0 atom stereocenters. The fourth-order valence-corrected chi connectivity index (χ4v) is 5.35. The van der Waals surface area contributed by atoms with Crippen molar-refractivity contribution in [2.45, 2.75) is 52.4 Å². The summed E-state index contributed by atoms with van der Waals surface area (Å²) in [5, 5.41) is -0.983. The summed E-state index contributed by atoms with van der Waals surface area (Å²) in [4.78, 5) is 0. The standard InChI is InChI=1S/C34H24F10/c1-33(2,3)13-7-9-15-17(11-13)19(21-23(35)27(39)31(43)28(40)24(21)36)16-10-8-14(34(4,5)6)12-18(16)20(15)22-25(37)29(41)32(44)30(42)26(22)38/h7-12H,1-6H3. The predicted molar refractivity (Wildman–Crippen MR) is 149 cm³/mol. The molecule has 44 heavy (non-hydrogen) atoms. The normalized spacial score (nSPS) is 12.5. The lowest BCUT2D eigenvalue weighted by atomic mass is 9.79. The molecule has 0 aliphatic carbocycles. The maximum atomic E-state index is 15.5. The molecule has 5 aromatic carbocycles. The van der Waals surface area contributed by atoms with Crippen LogP contribution in [0, 0.1) is 58.2 Å². The summed E-state index contributed by atoms with van der Waals surface area (Å²) in [5.74, 6) is -22.3. The molecule has 0 unspecified atom stereocenters. The van der Waals surface area contributed by atoms with Crippen LogP contribution in [-0.2, 0) is 10.8 Å². The van der Waals surface area contributed by atoms with Gasteiger partial charge in [0.05, 0.1) is 11.1 Å². The summed E-state index contributed by atoms with van der Waals surface area (Å²) in [6.45, 7) is 10.5. The monoisotopic (exact) mass is 622 g/mol. The zero-order valence-corrected chi connectivity index (χ0v) is 24.2. The first-order valence-corrected chi connectivity index (χ1v) is 13.4. The van der Waals surface area contributed by atoms with E-state index in [1.807, 2.05) is 0 Å². The highest BCUT2D eigenvalue weighted by atomic mass is 19.2. The van der Waals surface area contributed by atoms with Gasteiger partial charge in [0.1, 0.15) is 0 Å². The van der Waals surface area contributed by atoms with Gasteiger partial charge in [-0.05, 0) is 55.6 Å². The average Bonchev–Trinajstić information content (AvgIpc) is 2.96. The molecule has 0 heterocycles. The Morgan fingerprint density at radius 2 is 0.568 bits per heavy atom. The Bertz CT molecular complexity index is 1820. The van der Waals surface area contributed by atoms with Crippen molar-refractivity contribution in [3.63, 3.8) is 0 Å². The highest BCUT2D eigenvalue weighted by Crippen LogP contribution is 2.49. The minimum atomic E-state index is -2.39. The number of hydrogen-bond donors (Lipinski definition) is 0. The van der Waals surface area contributed by atoms with E-state index in [0.717, 1.165) is 0 Å². The summed E-state index contributed by atoms with van der Waals surface area (Å²) in [7, 11) is 0. The molecule has 0 aliphatic heterocycles. The van der Waals surface area contributed by atoms with Crippen LogP contribution in [0.3, 0.4) is 0 Å². The van der Waals surface area contributed by atoms with Gasteiger partial charge in [0.15, 0.2) is 46.5 Å².